The van der Waals surface area contributed by atoms with Crippen molar-refractivity contribution in [3.8, 4) is 67.5 Å². The summed E-state index contributed by atoms with van der Waals surface area (Å²) in [6.07, 6.45) is 1.87. The standard InChI is InChI=1S/C55H55N3O/c1-34(2)37-21-23-38(24-22-37)39-27-28-56-50(32-39)42-30-40(35(3)4)29-41(31-42)44-17-14-19-51-53(44)57-54(47-16-11-13-20-52(47)59)58(51)43-25-26-45(48(33-43)36(5)6)46-15-10-12-18-49(46)55(7,8)9/h10-36,59H,1-9H3/i34D,36D. The van der Waals surface area contributed by atoms with Crippen molar-refractivity contribution in [1.29, 1.82) is 0 Å². The molecule has 0 saturated heterocycles. The predicted octanol–water partition coefficient (Wildman–Crippen LogP) is 15.1. The molecule has 0 spiro atoms. The first-order chi connectivity index (χ1) is 28.9. The lowest BCUT2D eigenvalue weighted by Gasteiger charge is -2.25. The smallest absolute Gasteiger partial charge is 0.149 e. The zero-order valence-electron chi connectivity index (χ0n) is 37.7. The number of imidazole rings is 1. The number of pyridine rings is 1. The number of hydrogen-bond acceptors (Lipinski definition) is 3. The average Bonchev–Trinajstić information content (AvgIpc) is 3.62. The van der Waals surface area contributed by atoms with E-state index < -0.39 is 11.8 Å². The molecule has 4 heteroatoms. The van der Waals surface area contributed by atoms with Gasteiger partial charge in [-0.2, -0.15) is 0 Å². The monoisotopic (exact) mass is 775 g/mol. The highest BCUT2D eigenvalue weighted by Crippen LogP contribution is 2.42. The fourth-order valence-corrected chi connectivity index (χ4v) is 8.18. The number of phenolic OH excluding ortho intramolecular Hbond substituents is 1. The van der Waals surface area contributed by atoms with Gasteiger partial charge in [0, 0.05) is 25.8 Å². The molecule has 59 heavy (non-hydrogen) atoms. The van der Waals surface area contributed by atoms with E-state index in [1.54, 1.807) is 6.07 Å². The largest absolute Gasteiger partial charge is 0.507 e. The molecule has 0 bridgehead atoms. The molecule has 0 aliphatic carbocycles. The van der Waals surface area contributed by atoms with Gasteiger partial charge in [0.25, 0.3) is 0 Å². The van der Waals surface area contributed by atoms with Gasteiger partial charge in [-0.3, -0.25) is 9.55 Å². The fourth-order valence-electron chi connectivity index (χ4n) is 8.18. The van der Waals surface area contributed by atoms with E-state index in [4.69, 9.17) is 11.3 Å². The van der Waals surface area contributed by atoms with E-state index in [1.165, 1.54) is 11.1 Å². The SMILES string of the molecule is [2H]C(C)(C)c1ccc(-c2ccnc(-c3cc(-c4cccc5c4nc(-c4ccccc4O)n5-c4ccc(-c5ccccc5C(C)(C)C)c(C([2H])(C)C)c4)cc(C(C)C)c3)c2)cc1. The average molecular weight is 776 g/mol. The number of fused-ring (bicyclic) bond motifs is 1. The van der Waals surface area contributed by atoms with Crippen LogP contribution in [0.5, 0.6) is 5.75 Å². The van der Waals surface area contributed by atoms with Crippen LogP contribution in [0.2, 0.25) is 0 Å². The van der Waals surface area contributed by atoms with E-state index in [1.807, 2.05) is 70.3 Å². The summed E-state index contributed by atoms with van der Waals surface area (Å²) in [4.78, 5) is 10.3. The molecule has 0 atom stereocenters. The van der Waals surface area contributed by atoms with E-state index in [2.05, 4.69) is 136 Å². The summed E-state index contributed by atoms with van der Waals surface area (Å²) in [6.45, 7) is 18.8. The first kappa shape index (κ1) is 37.0. The van der Waals surface area contributed by atoms with Gasteiger partial charge in [-0.15, -0.1) is 0 Å². The van der Waals surface area contributed by atoms with Gasteiger partial charge in [-0.1, -0.05) is 147 Å². The second-order valence-electron chi connectivity index (χ2n) is 17.5. The van der Waals surface area contributed by atoms with Crippen LogP contribution in [0.15, 0.2) is 146 Å². The van der Waals surface area contributed by atoms with Gasteiger partial charge in [-0.25, -0.2) is 4.98 Å². The van der Waals surface area contributed by atoms with Crippen molar-refractivity contribution >= 4 is 11.0 Å². The molecule has 2 heterocycles. The topological polar surface area (TPSA) is 50.9 Å². The molecule has 0 unspecified atom stereocenters. The number of para-hydroxylation sites is 2. The van der Waals surface area contributed by atoms with E-state index in [0.29, 0.717) is 11.4 Å². The molecule has 0 radical (unpaired) electrons. The highest BCUT2D eigenvalue weighted by Gasteiger charge is 2.24. The summed E-state index contributed by atoms with van der Waals surface area (Å²) in [6, 6.07) is 47.7. The summed E-state index contributed by atoms with van der Waals surface area (Å²) in [7, 11) is 0. The van der Waals surface area contributed by atoms with E-state index in [0.717, 1.165) is 72.5 Å². The Morgan fingerprint density at radius 1 is 0.576 bits per heavy atom. The fraction of sp³-hybridized carbons (Fsp3) is 0.236. The molecule has 6 aromatic carbocycles. The predicted molar refractivity (Wildman–Crippen MR) is 249 cm³/mol. The normalized spacial score (nSPS) is 12.8. The number of nitrogens with zero attached hydrogens (tertiary/aromatic N) is 3. The van der Waals surface area contributed by atoms with Gasteiger partial charge in [0.05, 0.1) is 22.3 Å². The number of aromatic nitrogens is 3. The third-order valence-corrected chi connectivity index (χ3v) is 11.4. The number of rotatable bonds is 9. The van der Waals surface area contributed by atoms with Gasteiger partial charge < -0.3 is 5.11 Å². The third-order valence-electron chi connectivity index (χ3n) is 11.4. The Morgan fingerprint density at radius 2 is 1.27 bits per heavy atom. The van der Waals surface area contributed by atoms with Crippen LogP contribution in [0.25, 0.3) is 72.7 Å². The van der Waals surface area contributed by atoms with Crippen LogP contribution in [0.3, 0.4) is 0 Å². The number of benzene rings is 6. The molecule has 0 saturated carbocycles. The second-order valence-corrected chi connectivity index (χ2v) is 17.5. The van der Waals surface area contributed by atoms with Crippen LogP contribution in [0.4, 0.5) is 0 Å². The summed E-state index contributed by atoms with van der Waals surface area (Å²) in [5.41, 5.74) is 15.6. The highest BCUT2D eigenvalue weighted by atomic mass is 16.3. The second kappa shape index (κ2) is 15.8. The third kappa shape index (κ3) is 7.72. The van der Waals surface area contributed by atoms with Crippen LogP contribution in [-0.4, -0.2) is 19.6 Å². The van der Waals surface area contributed by atoms with Gasteiger partial charge in [-0.05, 0) is 128 Å². The van der Waals surface area contributed by atoms with Crippen molar-refractivity contribution in [3.05, 3.63) is 168 Å². The minimum absolute atomic E-state index is 0.0914. The number of phenols is 1. The quantitative estimate of drug-likeness (QED) is 0.159. The lowest BCUT2D eigenvalue weighted by Crippen LogP contribution is -2.13. The Hall–Kier alpha value is -6.26. The van der Waals surface area contributed by atoms with Crippen LogP contribution in [0.1, 0.15) is 105 Å². The first-order valence-electron chi connectivity index (χ1n) is 21.7. The van der Waals surface area contributed by atoms with Gasteiger partial charge in [0.2, 0.25) is 0 Å². The summed E-state index contributed by atoms with van der Waals surface area (Å²) < 4.78 is 20.0. The van der Waals surface area contributed by atoms with Crippen molar-refractivity contribution < 1.29 is 7.85 Å². The van der Waals surface area contributed by atoms with Crippen molar-refractivity contribution in [2.24, 2.45) is 0 Å². The number of aromatic hydroxyl groups is 1. The van der Waals surface area contributed by atoms with Crippen molar-refractivity contribution in [2.75, 3.05) is 0 Å². The first-order valence-corrected chi connectivity index (χ1v) is 20.7. The van der Waals surface area contributed by atoms with Crippen molar-refractivity contribution in [3.63, 3.8) is 0 Å². The zero-order valence-corrected chi connectivity index (χ0v) is 35.7. The molecule has 4 nitrogen and oxygen atoms in total. The maximum absolute atomic E-state index is 11.3. The molecular weight excluding hydrogens is 719 g/mol. The maximum Gasteiger partial charge on any atom is 0.149 e. The lowest BCUT2D eigenvalue weighted by atomic mass is 9.80. The summed E-state index contributed by atoms with van der Waals surface area (Å²) in [5, 5.41) is 11.3. The van der Waals surface area contributed by atoms with Gasteiger partial charge >= 0.3 is 0 Å². The number of hydrogen-bond donors (Lipinski definition) is 1. The molecule has 296 valence electrons. The van der Waals surface area contributed by atoms with E-state index >= 15 is 0 Å². The minimum atomic E-state index is -0.922. The molecule has 2 aromatic heterocycles. The Kier molecular flexibility index (Phi) is 9.94. The zero-order chi connectivity index (χ0) is 43.4. The highest BCUT2D eigenvalue weighted by molar-refractivity contribution is 5.97. The van der Waals surface area contributed by atoms with Crippen LogP contribution >= 0.6 is 0 Å². The molecule has 0 aliphatic heterocycles. The van der Waals surface area contributed by atoms with Crippen LogP contribution < -0.4 is 0 Å². The molecular formula is C55H55N3O. The Bertz CT molecular complexity index is 2900. The molecule has 1 N–H and O–H groups in total. The van der Waals surface area contributed by atoms with E-state index in [9.17, 15) is 6.48 Å². The van der Waals surface area contributed by atoms with Crippen molar-refractivity contribution in [1.82, 2.24) is 14.5 Å². The Balaban J connectivity index is 1.32. The van der Waals surface area contributed by atoms with Gasteiger partial charge in [0.1, 0.15) is 11.6 Å². The van der Waals surface area contributed by atoms with Crippen LogP contribution in [-0.2, 0) is 5.41 Å². The summed E-state index contributed by atoms with van der Waals surface area (Å²) in [5.74, 6) is -0.572. The van der Waals surface area contributed by atoms with Crippen LogP contribution in [0, 0.1) is 0 Å². The van der Waals surface area contributed by atoms with Crippen molar-refractivity contribution in [2.45, 2.75) is 85.4 Å². The molecule has 0 fully saturated rings. The molecule has 0 amide bonds. The maximum atomic E-state index is 11.3. The summed E-state index contributed by atoms with van der Waals surface area (Å²) >= 11 is 0. The lowest BCUT2D eigenvalue weighted by molar-refractivity contribution is 0.477. The molecule has 8 aromatic rings. The Labute approximate surface area is 353 Å². The molecule has 0 aliphatic rings. The minimum Gasteiger partial charge on any atom is -0.507 e. The van der Waals surface area contributed by atoms with Gasteiger partial charge in [0.15, 0.2) is 0 Å². The molecule has 8 rings (SSSR count). The van der Waals surface area contributed by atoms with E-state index in [-0.39, 0.29) is 17.1 Å². The Morgan fingerprint density at radius 3 is 1.97 bits per heavy atom.